The van der Waals surface area contributed by atoms with Crippen molar-refractivity contribution in [2.75, 3.05) is 33.2 Å². The maximum absolute atomic E-state index is 12.1. The van der Waals surface area contributed by atoms with Crippen molar-refractivity contribution < 1.29 is 9.59 Å². The van der Waals surface area contributed by atoms with Crippen LogP contribution in [0.25, 0.3) is 0 Å². The summed E-state index contributed by atoms with van der Waals surface area (Å²) in [4.78, 5) is 34.9. The van der Waals surface area contributed by atoms with Crippen molar-refractivity contribution in [3.05, 3.63) is 16.1 Å². The van der Waals surface area contributed by atoms with E-state index in [1.807, 2.05) is 25.7 Å². The molecule has 2 heterocycles. The van der Waals surface area contributed by atoms with Gasteiger partial charge in [0.05, 0.1) is 11.2 Å². The zero-order chi connectivity index (χ0) is 19.1. The van der Waals surface area contributed by atoms with Gasteiger partial charge in [0.15, 0.2) is 5.96 Å². The molecule has 152 valence electrons. The molecule has 0 aromatic carbocycles. The molecule has 27 heavy (non-hydrogen) atoms. The largest absolute Gasteiger partial charge is 0.355 e. The molecule has 0 saturated carbocycles. The van der Waals surface area contributed by atoms with Gasteiger partial charge in [0.1, 0.15) is 4.88 Å². The Hall–Kier alpha value is -1.43. The highest BCUT2D eigenvalue weighted by Gasteiger charge is 2.27. The number of aliphatic imine (C=N–C) groups is 1. The number of likely N-dealkylation sites (tertiary alicyclic amines) is 1. The number of thiazole rings is 1. The van der Waals surface area contributed by atoms with E-state index >= 15 is 0 Å². The third kappa shape index (κ3) is 6.91. The fraction of sp³-hybridized carbons (Fsp3) is 0.647. The van der Waals surface area contributed by atoms with Gasteiger partial charge < -0.3 is 20.9 Å². The van der Waals surface area contributed by atoms with Crippen LogP contribution in [0, 0.1) is 12.8 Å². The Morgan fingerprint density at radius 1 is 1.37 bits per heavy atom. The highest BCUT2D eigenvalue weighted by Crippen LogP contribution is 2.13. The quantitative estimate of drug-likeness (QED) is 0.232. The third-order valence-electron chi connectivity index (χ3n) is 4.21. The zero-order valence-electron chi connectivity index (χ0n) is 16.2. The van der Waals surface area contributed by atoms with E-state index in [1.165, 1.54) is 11.3 Å². The summed E-state index contributed by atoms with van der Waals surface area (Å²) in [5.74, 6) is 0.792. The molecular weight excluding hydrogens is 479 g/mol. The summed E-state index contributed by atoms with van der Waals surface area (Å²) >= 11 is 1.34. The molecule has 2 rings (SSSR count). The summed E-state index contributed by atoms with van der Waals surface area (Å²) in [6, 6.07) is 0.193. The number of aromatic nitrogens is 1. The first-order valence-electron chi connectivity index (χ1n) is 8.86. The molecule has 1 atom stereocenters. The van der Waals surface area contributed by atoms with E-state index in [2.05, 4.69) is 25.9 Å². The van der Waals surface area contributed by atoms with Crippen molar-refractivity contribution in [2.24, 2.45) is 10.9 Å². The average molecular weight is 508 g/mol. The van der Waals surface area contributed by atoms with Gasteiger partial charge in [-0.1, -0.05) is 13.8 Å². The molecule has 10 heteroatoms. The van der Waals surface area contributed by atoms with Crippen LogP contribution in [-0.4, -0.2) is 66.9 Å². The van der Waals surface area contributed by atoms with E-state index in [0.717, 1.165) is 18.7 Å². The van der Waals surface area contributed by atoms with Gasteiger partial charge in [-0.3, -0.25) is 14.6 Å². The second-order valence-electron chi connectivity index (χ2n) is 6.59. The van der Waals surface area contributed by atoms with Crippen LogP contribution >= 0.6 is 35.3 Å². The lowest BCUT2D eigenvalue weighted by molar-refractivity contribution is -0.133. The Labute approximate surface area is 181 Å². The Bertz CT molecular complexity index is 664. The smallest absolute Gasteiger partial charge is 0.263 e. The van der Waals surface area contributed by atoms with Crippen LogP contribution in [-0.2, 0) is 4.79 Å². The van der Waals surface area contributed by atoms with Gasteiger partial charge in [-0.25, -0.2) is 4.98 Å². The Morgan fingerprint density at radius 2 is 2.07 bits per heavy atom. The molecule has 1 fully saturated rings. The molecule has 1 saturated heterocycles. The van der Waals surface area contributed by atoms with Crippen molar-refractivity contribution in [1.29, 1.82) is 0 Å². The molecule has 1 aliphatic rings. The van der Waals surface area contributed by atoms with Gasteiger partial charge in [-0.15, -0.1) is 35.3 Å². The molecule has 1 unspecified atom stereocenters. The van der Waals surface area contributed by atoms with Crippen LogP contribution in [0.4, 0.5) is 0 Å². The van der Waals surface area contributed by atoms with E-state index in [9.17, 15) is 9.59 Å². The number of nitrogens with one attached hydrogen (secondary N) is 3. The van der Waals surface area contributed by atoms with Crippen LogP contribution < -0.4 is 16.0 Å². The lowest BCUT2D eigenvalue weighted by Gasteiger charge is -2.20. The lowest BCUT2D eigenvalue weighted by atomic mass is 10.2. The van der Waals surface area contributed by atoms with E-state index in [-0.39, 0.29) is 47.8 Å². The topological polar surface area (TPSA) is 98.7 Å². The summed E-state index contributed by atoms with van der Waals surface area (Å²) in [7, 11) is 1.71. The predicted molar refractivity (Wildman–Crippen MR) is 119 cm³/mol. The zero-order valence-corrected chi connectivity index (χ0v) is 19.4. The van der Waals surface area contributed by atoms with Crippen molar-refractivity contribution in [3.63, 3.8) is 0 Å². The van der Waals surface area contributed by atoms with Gasteiger partial charge in [0.2, 0.25) is 5.91 Å². The van der Waals surface area contributed by atoms with Gasteiger partial charge in [-0.2, -0.15) is 0 Å². The number of guanidine groups is 1. The maximum atomic E-state index is 12.1. The maximum Gasteiger partial charge on any atom is 0.263 e. The van der Waals surface area contributed by atoms with Crippen LogP contribution in [0.3, 0.4) is 0 Å². The molecule has 2 amide bonds. The number of aryl methyl sites for hydroxylation is 1. The standard InChI is InChI=1S/C17H28N6O2S.HI/c1-11(2)16(25)23-8-5-13(9-23)22-17(18-4)20-7-6-19-15(24)14-12(3)21-10-26-14;/h10-11,13H,5-9H2,1-4H3,(H,19,24)(H2,18,20,22);1H. The number of rotatable bonds is 6. The Balaban J connectivity index is 0.00000364. The fourth-order valence-corrected chi connectivity index (χ4v) is 3.51. The second-order valence-corrected chi connectivity index (χ2v) is 7.45. The normalized spacial score (nSPS) is 16.9. The molecular formula is C17H29IN6O2S. The molecule has 0 radical (unpaired) electrons. The minimum absolute atomic E-state index is 0. The number of carbonyl (C=O) groups excluding carboxylic acids is 2. The number of amides is 2. The third-order valence-corrected chi connectivity index (χ3v) is 5.14. The van der Waals surface area contributed by atoms with Crippen LogP contribution in [0.5, 0.6) is 0 Å². The highest BCUT2D eigenvalue weighted by atomic mass is 127. The van der Waals surface area contributed by atoms with E-state index in [4.69, 9.17) is 0 Å². The lowest BCUT2D eigenvalue weighted by Crippen LogP contribution is -2.47. The molecule has 1 aromatic heterocycles. The Morgan fingerprint density at radius 3 is 2.67 bits per heavy atom. The molecule has 0 bridgehead atoms. The first kappa shape index (κ1) is 23.6. The molecule has 1 aliphatic heterocycles. The number of hydrogen-bond donors (Lipinski definition) is 3. The Kier molecular flexibility index (Phi) is 9.99. The number of nitrogens with zero attached hydrogens (tertiary/aromatic N) is 3. The van der Waals surface area contributed by atoms with E-state index in [1.54, 1.807) is 12.6 Å². The minimum atomic E-state index is -0.103. The van der Waals surface area contributed by atoms with E-state index in [0.29, 0.717) is 30.5 Å². The number of halogens is 1. The van der Waals surface area contributed by atoms with Gasteiger partial charge in [0, 0.05) is 45.2 Å². The summed E-state index contributed by atoms with van der Waals surface area (Å²) in [5, 5.41) is 9.39. The van der Waals surface area contributed by atoms with Crippen LogP contribution in [0.2, 0.25) is 0 Å². The van der Waals surface area contributed by atoms with Gasteiger partial charge in [0.25, 0.3) is 5.91 Å². The monoisotopic (exact) mass is 508 g/mol. The summed E-state index contributed by atoms with van der Waals surface area (Å²) < 4.78 is 0. The highest BCUT2D eigenvalue weighted by molar-refractivity contribution is 14.0. The second kappa shape index (κ2) is 11.4. The molecule has 0 spiro atoms. The van der Waals surface area contributed by atoms with Crippen molar-refractivity contribution in [1.82, 2.24) is 25.8 Å². The van der Waals surface area contributed by atoms with Gasteiger partial charge in [-0.05, 0) is 13.3 Å². The van der Waals surface area contributed by atoms with Crippen LogP contribution in [0.1, 0.15) is 35.6 Å². The van der Waals surface area contributed by atoms with Crippen molar-refractivity contribution in [3.8, 4) is 0 Å². The summed E-state index contributed by atoms with van der Waals surface area (Å²) in [5.41, 5.74) is 2.42. The number of carbonyl (C=O) groups is 2. The number of hydrogen-bond acceptors (Lipinski definition) is 5. The summed E-state index contributed by atoms with van der Waals surface area (Å²) in [6.07, 6.45) is 0.903. The SMILES string of the molecule is CN=C(NCCNC(=O)c1scnc1C)NC1CCN(C(=O)C(C)C)C1.I. The first-order valence-corrected chi connectivity index (χ1v) is 9.74. The average Bonchev–Trinajstić information content (AvgIpc) is 3.25. The summed E-state index contributed by atoms with van der Waals surface area (Å²) in [6.45, 7) is 8.18. The van der Waals surface area contributed by atoms with Crippen LogP contribution in [0.15, 0.2) is 10.5 Å². The minimum Gasteiger partial charge on any atom is -0.355 e. The molecule has 8 nitrogen and oxygen atoms in total. The fourth-order valence-electron chi connectivity index (χ4n) is 2.79. The van der Waals surface area contributed by atoms with E-state index < -0.39 is 0 Å². The molecule has 0 aliphatic carbocycles. The van der Waals surface area contributed by atoms with Gasteiger partial charge >= 0.3 is 0 Å². The van der Waals surface area contributed by atoms with Crippen molar-refractivity contribution in [2.45, 2.75) is 33.2 Å². The molecule has 1 aromatic rings. The van der Waals surface area contributed by atoms with Crippen molar-refractivity contribution >= 4 is 53.1 Å². The molecule has 3 N–H and O–H groups in total. The first-order chi connectivity index (χ1) is 12.4. The predicted octanol–water partition coefficient (Wildman–Crippen LogP) is 1.22.